The van der Waals surface area contributed by atoms with E-state index in [2.05, 4.69) is 10.3 Å². The van der Waals surface area contributed by atoms with Gasteiger partial charge in [-0.15, -0.1) is 17.0 Å². The number of aromatic nitrogens is 1. The van der Waals surface area contributed by atoms with Crippen molar-refractivity contribution in [1.82, 2.24) is 4.98 Å². The van der Waals surface area contributed by atoms with E-state index in [0.717, 1.165) is 16.0 Å². The molecule has 1 aromatic heterocycles. The van der Waals surface area contributed by atoms with Crippen molar-refractivity contribution in [2.75, 3.05) is 11.9 Å². The first-order chi connectivity index (χ1) is 11.6. The van der Waals surface area contributed by atoms with Crippen LogP contribution in [0.3, 0.4) is 0 Å². The van der Waals surface area contributed by atoms with Gasteiger partial charge in [-0.2, -0.15) is 0 Å². The molecule has 0 aliphatic heterocycles. The maximum absolute atomic E-state index is 12.5. The maximum Gasteiger partial charge on any atom is 0.184 e. The van der Waals surface area contributed by atoms with Crippen LogP contribution >= 0.6 is 39.9 Å². The van der Waals surface area contributed by atoms with Crippen LogP contribution in [0.1, 0.15) is 24.2 Å². The van der Waals surface area contributed by atoms with E-state index in [0.29, 0.717) is 22.3 Å². The summed E-state index contributed by atoms with van der Waals surface area (Å²) in [5, 5.41) is 4.50. The lowest BCUT2D eigenvalue weighted by molar-refractivity contribution is 0.0975. The van der Waals surface area contributed by atoms with Gasteiger partial charge in [0.05, 0.1) is 17.3 Å². The molecule has 0 radical (unpaired) electrons. The van der Waals surface area contributed by atoms with Crippen LogP contribution in [0, 0.1) is 0 Å². The predicted molar refractivity (Wildman–Crippen MR) is 110 cm³/mol. The molecule has 0 saturated carbocycles. The van der Waals surface area contributed by atoms with Gasteiger partial charge < -0.3 is 10.1 Å². The average Bonchev–Trinajstić information content (AvgIpc) is 2.98. The van der Waals surface area contributed by atoms with Crippen molar-refractivity contribution in [2.24, 2.45) is 0 Å². The van der Waals surface area contributed by atoms with Crippen LogP contribution in [0.2, 0.25) is 5.02 Å². The second-order valence-electron chi connectivity index (χ2n) is 5.29. The Kier molecular flexibility index (Phi) is 6.81. The molecule has 0 aliphatic carbocycles. The fraction of sp³-hybridized carbons (Fsp3) is 0.222. The first-order valence-corrected chi connectivity index (χ1v) is 8.86. The predicted octanol–water partition coefficient (Wildman–Crippen LogP) is 5.61. The van der Waals surface area contributed by atoms with Crippen LogP contribution < -0.4 is 10.1 Å². The molecule has 1 atom stereocenters. The number of ketones is 1. The Morgan fingerprint density at radius 1 is 1.28 bits per heavy atom. The summed E-state index contributed by atoms with van der Waals surface area (Å²) in [4.78, 5) is 17.1. The number of nitrogens with zero attached hydrogens (tertiary/aromatic N) is 1. The third kappa shape index (κ3) is 4.51. The molecule has 1 heterocycles. The number of ether oxygens (including phenoxy) is 1. The Morgan fingerprint density at radius 2 is 2.00 bits per heavy atom. The number of fused-ring (bicyclic) bond motifs is 1. The highest BCUT2D eigenvalue weighted by atomic mass is 79.9. The van der Waals surface area contributed by atoms with Crippen molar-refractivity contribution in [3.8, 4) is 5.75 Å². The number of carbonyl (C=O) groups excluding carboxylic acids is 1. The number of rotatable bonds is 6. The summed E-state index contributed by atoms with van der Waals surface area (Å²) in [6, 6.07) is 12.3. The van der Waals surface area contributed by atoms with E-state index in [1.54, 1.807) is 24.3 Å². The van der Waals surface area contributed by atoms with Gasteiger partial charge in [0.2, 0.25) is 0 Å². The second kappa shape index (κ2) is 8.65. The quantitative estimate of drug-likeness (QED) is 0.505. The largest absolute Gasteiger partial charge is 0.492 e. The average molecular weight is 442 g/mol. The van der Waals surface area contributed by atoms with Crippen molar-refractivity contribution in [2.45, 2.75) is 19.9 Å². The third-order valence-electron chi connectivity index (χ3n) is 3.54. The smallest absolute Gasteiger partial charge is 0.184 e. The number of Topliss-reactive ketones (excluding diaryl/α,β-unsaturated/α-hetero) is 1. The number of hydrogen-bond donors (Lipinski definition) is 1. The summed E-state index contributed by atoms with van der Waals surface area (Å²) in [5.41, 5.74) is 1.44. The van der Waals surface area contributed by atoms with Gasteiger partial charge in [0, 0.05) is 10.6 Å². The van der Waals surface area contributed by atoms with Crippen molar-refractivity contribution >= 4 is 61.1 Å². The molecule has 0 amide bonds. The zero-order valence-electron chi connectivity index (χ0n) is 13.8. The first-order valence-electron chi connectivity index (χ1n) is 7.67. The molecule has 0 aliphatic rings. The van der Waals surface area contributed by atoms with Crippen LogP contribution in [0.5, 0.6) is 5.75 Å². The van der Waals surface area contributed by atoms with Gasteiger partial charge in [0.25, 0.3) is 0 Å². The van der Waals surface area contributed by atoms with Crippen LogP contribution in [0.15, 0.2) is 42.5 Å². The Labute approximate surface area is 165 Å². The van der Waals surface area contributed by atoms with Crippen LogP contribution in [0.4, 0.5) is 5.13 Å². The van der Waals surface area contributed by atoms with E-state index in [9.17, 15) is 4.79 Å². The highest BCUT2D eigenvalue weighted by molar-refractivity contribution is 8.93. The highest BCUT2D eigenvalue weighted by Gasteiger charge is 2.17. The van der Waals surface area contributed by atoms with E-state index >= 15 is 0 Å². The number of nitrogens with one attached hydrogen (secondary N) is 1. The van der Waals surface area contributed by atoms with Crippen LogP contribution in [-0.4, -0.2) is 23.4 Å². The molecule has 4 nitrogen and oxygen atoms in total. The number of carbonyl (C=O) groups is 1. The minimum atomic E-state index is -0.387. The van der Waals surface area contributed by atoms with Crippen molar-refractivity contribution < 1.29 is 9.53 Å². The molecule has 2 aromatic carbocycles. The standard InChI is InChI=1S/C18H17ClN2O2S.BrH/c1-3-23-14-5-4-6-15-16(14)21-18(24-15)20-11(2)17(22)12-7-9-13(19)10-8-12;/h4-11H,3H2,1-2H3,(H,20,21);1H. The Bertz CT molecular complexity index is 867. The molecule has 3 rings (SSSR count). The topological polar surface area (TPSA) is 51.2 Å². The fourth-order valence-electron chi connectivity index (χ4n) is 2.37. The Hall–Kier alpha value is -1.63. The van der Waals surface area contributed by atoms with Gasteiger partial charge in [0.1, 0.15) is 11.3 Å². The minimum Gasteiger partial charge on any atom is -0.492 e. The Balaban J connectivity index is 0.00000225. The van der Waals surface area contributed by atoms with Crippen LogP contribution in [0.25, 0.3) is 10.2 Å². The number of para-hydroxylation sites is 1. The van der Waals surface area contributed by atoms with Crippen LogP contribution in [-0.2, 0) is 0 Å². The molecule has 3 aromatic rings. The molecule has 1 unspecified atom stereocenters. The summed E-state index contributed by atoms with van der Waals surface area (Å²) in [5.74, 6) is 0.756. The maximum atomic E-state index is 12.5. The van der Waals surface area contributed by atoms with Crippen molar-refractivity contribution in [3.63, 3.8) is 0 Å². The van der Waals surface area contributed by atoms with E-state index in [4.69, 9.17) is 16.3 Å². The summed E-state index contributed by atoms with van der Waals surface area (Å²) < 4.78 is 6.63. The summed E-state index contributed by atoms with van der Waals surface area (Å²) in [7, 11) is 0. The number of anilines is 1. The van der Waals surface area contributed by atoms with Gasteiger partial charge in [-0.05, 0) is 50.2 Å². The number of benzene rings is 2. The number of halogens is 2. The summed E-state index contributed by atoms with van der Waals surface area (Å²) >= 11 is 7.37. The zero-order valence-corrected chi connectivity index (χ0v) is 17.1. The fourth-order valence-corrected chi connectivity index (χ4v) is 3.47. The molecular formula is C18H18BrClN2O2S. The van der Waals surface area contributed by atoms with Crippen molar-refractivity contribution in [3.05, 3.63) is 53.1 Å². The van der Waals surface area contributed by atoms with Gasteiger partial charge in [0.15, 0.2) is 10.9 Å². The summed E-state index contributed by atoms with van der Waals surface area (Å²) in [6.45, 7) is 4.36. The first kappa shape index (κ1) is 19.7. The molecular weight excluding hydrogens is 424 g/mol. The third-order valence-corrected chi connectivity index (χ3v) is 4.75. The van der Waals surface area contributed by atoms with Gasteiger partial charge in [-0.1, -0.05) is 29.0 Å². The molecule has 0 fully saturated rings. The zero-order chi connectivity index (χ0) is 17.1. The van der Waals surface area contributed by atoms with Crippen molar-refractivity contribution in [1.29, 1.82) is 0 Å². The minimum absolute atomic E-state index is 0. The lowest BCUT2D eigenvalue weighted by Gasteiger charge is -2.11. The van der Waals surface area contributed by atoms with Gasteiger partial charge in [-0.25, -0.2) is 4.98 Å². The SMILES string of the molecule is Br.CCOc1cccc2sc(NC(C)C(=O)c3ccc(Cl)cc3)nc12. The summed E-state index contributed by atoms with van der Waals surface area (Å²) in [6.07, 6.45) is 0. The second-order valence-corrected chi connectivity index (χ2v) is 6.76. The number of hydrogen-bond acceptors (Lipinski definition) is 5. The molecule has 25 heavy (non-hydrogen) atoms. The lowest BCUT2D eigenvalue weighted by Crippen LogP contribution is -2.26. The van der Waals surface area contributed by atoms with E-state index < -0.39 is 0 Å². The number of thiazole rings is 1. The molecule has 0 saturated heterocycles. The highest BCUT2D eigenvalue weighted by Crippen LogP contribution is 2.32. The monoisotopic (exact) mass is 440 g/mol. The molecule has 0 bridgehead atoms. The lowest BCUT2D eigenvalue weighted by atomic mass is 10.1. The van der Waals surface area contributed by atoms with E-state index in [1.165, 1.54) is 11.3 Å². The molecule has 7 heteroatoms. The van der Waals surface area contributed by atoms with Gasteiger partial charge >= 0.3 is 0 Å². The normalized spacial score (nSPS) is 11.6. The molecule has 132 valence electrons. The molecule has 0 spiro atoms. The van der Waals surface area contributed by atoms with Gasteiger partial charge in [-0.3, -0.25) is 4.79 Å². The Morgan fingerprint density at radius 3 is 2.68 bits per heavy atom. The molecule has 1 N–H and O–H groups in total. The van der Waals surface area contributed by atoms with E-state index in [1.807, 2.05) is 32.0 Å². The van der Waals surface area contributed by atoms with E-state index in [-0.39, 0.29) is 28.8 Å².